The van der Waals surface area contributed by atoms with E-state index in [0.717, 1.165) is 16.8 Å². The Morgan fingerprint density at radius 3 is 2.39 bits per heavy atom. The molecule has 0 fully saturated rings. The Morgan fingerprint density at radius 2 is 1.82 bits per heavy atom. The number of benzene rings is 1. The molecule has 0 spiro atoms. The molecule has 1 amide bonds. The third-order valence-electron chi connectivity index (χ3n) is 4.16. The summed E-state index contributed by atoms with van der Waals surface area (Å²) in [5.74, 6) is -0.492. The molecule has 2 rings (SSSR count). The van der Waals surface area contributed by atoms with Crippen LogP contribution in [-0.4, -0.2) is 28.7 Å². The van der Waals surface area contributed by atoms with Gasteiger partial charge < -0.3 is 10.1 Å². The molecule has 28 heavy (non-hydrogen) atoms. The third kappa shape index (κ3) is 5.33. The largest absolute Gasteiger partial charge is 0.459 e. The summed E-state index contributed by atoms with van der Waals surface area (Å²) in [7, 11) is 0. The first kappa shape index (κ1) is 21.5. The SMILES string of the molecule is Cc1nc(SCC(=O)Nc2ccc(C(=O)OC(C)C)cc2)c(C#N)c(C)c1C. The summed E-state index contributed by atoms with van der Waals surface area (Å²) in [6.45, 7) is 9.28. The van der Waals surface area contributed by atoms with E-state index in [2.05, 4.69) is 16.4 Å². The van der Waals surface area contributed by atoms with Crippen LogP contribution in [0.1, 0.15) is 46.6 Å². The van der Waals surface area contributed by atoms with Crippen molar-refractivity contribution in [2.24, 2.45) is 0 Å². The molecule has 0 aliphatic carbocycles. The number of nitrogens with zero attached hydrogens (tertiary/aromatic N) is 2. The number of nitrogens with one attached hydrogen (secondary N) is 1. The summed E-state index contributed by atoms with van der Waals surface area (Å²) in [5, 5.41) is 12.7. The Kier molecular flexibility index (Phi) is 7.18. The van der Waals surface area contributed by atoms with Gasteiger partial charge in [-0.1, -0.05) is 11.8 Å². The second kappa shape index (κ2) is 9.38. The molecule has 1 heterocycles. The number of hydrogen-bond acceptors (Lipinski definition) is 6. The Balaban J connectivity index is 2.00. The second-order valence-corrected chi connectivity index (χ2v) is 7.57. The fourth-order valence-electron chi connectivity index (χ4n) is 2.45. The quantitative estimate of drug-likeness (QED) is 0.581. The maximum absolute atomic E-state index is 12.3. The fourth-order valence-corrected chi connectivity index (χ4v) is 3.33. The van der Waals surface area contributed by atoms with Crippen LogP contribution in [0.4, 0.5) is 5.69 Å². The Bertz CT molecular complexity index is 931. The minimum Gasteiger partial charge on any atom is -0.459 e. The van der Waals surface area contributed by atoms with Crippen molar-refractivity contribution in [3.8, 4) is 6.07 Å². The highest BCUT2D eigenvalue weighted by atomic mass is 32.2. The van der Waals surface area contributed by atoms with Crippen LogP contribution >= 0.6 is 11.8 Å². The molecule has 2 aromatic rings. The van der Waals surface area contributed by atoms with E-state index in [0.29, 0.717) is 21.8 Å². The van der Waals surface area contributed by atoms with Crippen LogP contribution in [0.5, 0.6) is 0 Å². The van der Waals surface area contributed by atoms with E-state index in [4.69, 9.17) is 4.74 Å². The summed E-state index contributed by atoms with van der Waals surface area (Å²) in [5.41, 5.74) is 4.24. The smallest absolute Gasteiger partial charge is 0.338 e. The lowest BCUT2D eigenvalue weighted by atomic mass is 10.1. The molecule has 0 bridgehead atoms. The summed E-state index contributed by atoms with van der Waals surface area (Å²) < 4.78 is 5.13. The van der Waals surface area contributed by atoms with E-state index in [1.165, 1.54) is 11.8 Å². The van der Waals surface area contributed by atoms with Gasteiger partial charge in [-0.3, -0.25) is 4.79 Å². The molecule has 7 heteroatoms. The van der Waals surface area contributed by atoms with Gasteiger partial charge in [0.05, 0.1) is 23.0 Å². The maximum atomic E-state index is 12.3. The number of carbonyl (C=O) groups excluding carboxylic acids is 2. The lowest BCUT2D eigenvalue weighted by molar-refractivity contribution is -0.113. The topological polar surface area (TPSA) is 92.1 Å². The van der Waals surface area contributed by atoms with Gasteiger partial charge in [0.1, 0.15) is 11.1 Å². The van der Waals surface area contributed by atoms with Crippen LogP contribution in [0, 0.1) is 32.1 Å². The molecule has 1 aromatic carbocycles. The lowest BCUT2D eigenvalue weighted by Gasteiger charge is -2.11. The number of amides is 1. The van der Waals surface area contributed by atoms with Gasteiger partial charge in [-0.15, -0.1) is 0 Å². The number of ether oxygens (including phenoxy) is 1. The molecule has 0 aliphatic rings. The van der Waals surface area contributed by atoms with E-state index in [-0.39, 0.29) is 17.8 Å². The van der Waals surface area contributed by atoms with Crippen molar-refractivity contribution in [3.63, 3.8) is 0 Å². The van der Waals surface area contributed by atoms with Gasteiger partial charge in [-0.05, 0) is 70.0 Å². The van der Waals surface area contributed by atoms with Crippen LogP contribution < -0.4 is 5.32 Å². The summed E-state index contributed by atoms with van der Waals surface area (Å²) >= 11 is 1.23. The third-order valence-corrected chi connectivity index (χ3v) is 5.14. The Labute approximate surface area is 169 Å². The van der Waals surface area contributed by atoms with Gasteiger partial charge in [0, 0.05) is 11.4 Å². The lowest BCUT2D eigenvalue weighted by Crippen LogP contribution is -2.15. The number of anilines is 1. The van der Waals surface area contributed by atoms with Crippen molar-refractivity contribution in [3.05, 3.63) is 52.2 Å². The number of nitriles is 1. The molecule has 1 N–H and O–H groups in total. The first-order valence-electron chi connectivity index (χ1n) is 8.84. The average molecular weight is 398 g/mol. The number of rotatable bonds is 6. The van der Waals surface area contributed by atoms with E-state index >= 15 is 0 Å². The van der Waals surface area contributed by atoms with Gasteiger partial charge in [-0.2, -0.15) is 5.26 Å². The Morgan fingerprint density at radius 1 is 1.18 bits per heavy atom. The van der Waals surface area contributed by atoms with E-state index < -0.39 is 5.97 Å². The number of aryl methyl sites for hydroxylation is 1. The van der Waals surface area contributed by atoms with Crippen molar-refractivity contribution in [1.82, 2.24) is 4.98 Å². The van der Waals surface area contributed by atoms with Gasteiger partial charge in [-0.25, -0.2) is 9.78 Å². The average Bonchev–Trinajstić information content (AvgIpc) is 2.64. The van der Waals surface area contributed by atoms with Crippen molar-refractivity contribution in [2.45, 2.75) is 45.7 Å². The van der Waals surface area contributed by atoms with Gasteiger partial charge in [0.2, 0.25) is 5.91 Å². The zero-order valence-corrected chi connectivity index (χ0v) is 17.4. The summed E-state index contributed by atoms with van der Waals surface area (Å²) in [6, 6.07) is 8.69. The minimum absolute atomic E-state index is 0.126. The molecule has 1 aromatic heterocycles. The molecule has 146 valence electrons. The minimum atomic E-state index is -0.399. The molecule has 0 saturated heterocycles. The highest BCUT2D eigenvalue weighted by Crippen LogP contribution is 2.26. The number of aromatic nitrogens is 1. The van der Waals surface area contributed by atoms with Crippen LogP contribution in [-0.2, 0) is 9.53 Å². The van der Waals surface area contributed by atoms with Crippen molar-refractivity contribution < 1.29 is 14.3 Å². The molecule has 6 nitrogen and oxygen atoms in total. The van der Waals surface area contributed by atoms with Crippen molar-refractivity contribution in [1.29, 1.82) is 5.26 Å². The summed E-state index contributed by atoms with van der Waals surface area (Å²) in [6.07, 6.45) is -0.190. The zero-order chi connectivity index (χ0) is 20.8. The maximum Gasteiger partial charge on any atom is 0.338 e. The molecule has 0 atom stereocenters. The standard InChI is InChI=1S/C21H23N3O3S/c1-12(2)27-21(26)16-6-8-17(9-7-16)24-19(25)11-28-20-18(10-22)14(4)13(3)15(5)23-20/h6-9,12H,11H2,1-5H3,(H,24,25). The van der Waals surface area contributed by atoms with Crippen molar-refractivity contribution >= 4 is 29.3 Å². The van der Waals surface area contributed by atoms with Crippen LogP contribution in [0.15, 0.2) is 29.3 Å². The van der Waals surface area contributed by atoms with E-state index in [9.17, 15) is 14.9 Å². The Hall–Kier alpha value is -2.85. The van der Waals surface area contributed by atoms with Crippen molar-refractivity contribution in [2.75, 3.05) is 11.1 Å². The molecule has 0 radical (unpaired) electrons. The highest BCUT2D eigenvalue weighted by molar-refractivity contribution is 8.00. The van der Waals surface area contributed by atoms with Crippen LogP contribution in [0.25, 0.3) is 0 Å². The first-order chi connectivity index (χ1) is 13.2. The number of thioether (sulfide) groups is 1. The fraction of sp³-hybridized carbons (Fsp3) is 0.333. The van der Waals surface area contributed by atoms with Crippen LogP contribution in [0.3, 0.4) is 0 Å². The predicted octanol–water partition coefficient (Wildman–Crippen LogP) is 4.17. The molecule has 0 aliphatic heterocycles. The number of carbonyl (C=O) groups is 2. The van der Waals surface area contributed by atoms with E-state index in [1.807, 2.05) is 20.8 Å². The zero-order valence-electron chi connectivity index (χ0n) is 16.6. The highest BCUT2D eigenvalue weighted by Gasteiger charge is 2.15. The second-order valence-electron chi connectivity index (χ2n) is 6.61. The number of esters is 1. The van der Waals surface area contributed by atoms with Gasteiger partial charge >= 0.3 is 5.97 Å². The number of pyridine rings is 1. The van der Waals surface area contributed by atoms with Gasteiger partial charge in [0.25, 0.3) is 0 Å². The monoisotopic (exact) mass is 397 g/mol. The predicted molar refractivity (Wildman–Crippen MR) is 110 cm³/mol. The van der Waals surface area contributed by atoms with Gasteiger partial charge in [0.15, 0.2) is 0 Å². The van der Waals surface area contributed by atoms with Crippen LogP contribution in [0.2, 0.25) is 0 Å². The molecular formula is C21H23N3O3S. The summed E-state index contributed by atoms with van der Waals surface area (Å²) in [4.78, 5) is 28.5. The molecular weight excluding hydrogens is 374 g/mol. The number of hydrogen-bond donors (Lipinski definition) is 1. The molecule has 0 unspecified atom stereocenters. The normalized spacial score (nSPS) is 10.5. The first-order valence-corrected chi connectivity index (χ1v) is 9.83. The van der Waals surface area contributed by atoms with E-state index in [1.54, 1.807) is 38.1 Å². The molecule has 0 saturated carbocycles.